The van der Waals surface area contributed by atoms with Crippen molar-refractivity contribution in [2.75, 3.05) is 0 Å². The van der Waals surface area contributed by atoms with Gasteiger partial charge in [-0.2, -0.15) is 0 Å². The van der Waals surface area contributed by atoms with Crippen molar-refractivity contribution in [3.63, 3.8) is 0 Å². The summed E-state index contributed by atoms with van der Waals surface area (Å²) < 4.78 is 0. The molecule has 0 aromatic heterocycles. The van der Waals surface area contributed by atoms with E-state index in [-0.39, 0.29) is 17.1 Å². The maximum atomic E-state index is 11.3. The molecule has 0 bridgehead atoms. The fraction of sp³-hybridized carbons (Fsp3) is 0.143. The van der Waals surface area contributed by atoms with Gasteiger partial charge in [-0.1, -0.05) is 54.6 Å². The maximum Gasteiger partial charge on any atom is 0.182 e. The average Bonchev–Trinajstić information content (AvgIpc) is 2.57. The topological polar surface area (TPSA) is 20.2 Å². The summed E-state index contributed by atoms with van der Waals surface area (Å²) in [6, 6.07) is 31.3. The van der Waals surface area contributed by atoms with Gasteiger partial charge in [0.25, 0.3) is 0 Å². The van der Waals surface area contributed by atoms with Crippen LogP contribution < -0.4 is 15.9 Å². The quantitative estimate of drug-likeness (QED) is 0.537. The van der Waals surface area contributed by atoms with Crippen LogP contribution in [0.25, 0.3) is 0 Å². The molecule has 24 heavy (non-hydrogen) atoms. The molecule has 3 heteroatoms. The van der Waals surface area contributed by atoms with E-state index in [2.05, 4.69) is 72.8 Å². The van der Waals surface area contributed by atoms with E-state index in [1.54, 1.807) is 0 Å². The molecule has 1 radical (unpaired) electrons. The van der Waals surface area contributed by atoms with Gasteiger partial charge < -0.3 is 5.11 Å². The molecule has 1 nitrogen and oxygen atoms in total. The van der Waals surface area contributed by atoms with Gasteiger partial charge in [-0.05, 0) is 36.4 Å². The van der Waals surface area contributed by atoms with Crippen LogP contribution in [0.2, 0.25) is 0 Å². The fourth-order valence-corrected chi connectivity index (χ4v) is 8.00. The summed E-state index contributed by atoms with van der Waals surface area (Å²) in [4.78, 5) is 0. The van der Waals surface area contributed by atoms with Crippen LogP contribution in [-0.4, -0.2) is 10.4 Å². The van der Waals surface area contributed by atoms with Crippen LogP contribution in [0.5, 0.6) is 0 Å². The van der Waals surface area contributed by atoms with Crippen LogP contribution in [0, 0.1) is 0 Å². The van der Waals surface area contributed by atoms with Gasteiger partial charge in [0.15, 0.2) is 5.34 Å². The van der Waals surface area contributed by atoms with E-state index in [1.807, 2.05) is 32.0 Å². The molecular weight excluding hydrogens is 363 g/mol. The van der Waals surface area contributed by atoms with E-state index in [4.69, 9.17) is 0 Å². The Morgan fingerprint density at radius 3 is 1.04 bits per heavy atom. The zero-order valence-electron chi connectivity index (χ0n) is 13.9. The number of hydrogen-bond donors (Lipinski definition) is 1. The summed E-state index contributed by atoms with van der Waals surface area (Å²) in [5, 5.41) is 14.1. The first kappa shape index (κ1) is 18.9. The van der Waals surface area contributed by atoms with Crippen LogP contribution in [0.15, 0.2) is 91.0 Å². The van der Waals surface area contributed by atoms with Gasteiger partial charge in [-0.15, -0.1) is 0 Å². The Morgan fingerprint density at radius 1 is 0.583 bits per heavy atom. The Balaban J connectivity index is 0.00000208. The minimum Gasteiger partial charge on any atom is -0.356 e. The standard InChI is InChI=1S/C21H22OP.Cu/c1-21(2,22)23(18-12-6-3-7-13-18,19-14-8-4-9-15-19)20-16-10-5-11-17-20;/h3-17,22H,1-2H3;/q+1;. The summed E-state index contributed by atoms with van der Waals surface area (Å²) in [6.07, 6.45) is 0. The van der Waals surface area contributed by atoms with Crippen LogP contribution in [0.4, 0.5) is 0 Å². The molecule has 0 saturated carbocycles. The second kappa shape index (κ2) is 7.64. The van der Waals surface area contributed by atoms with Crippen molar-refractivity contribution in [1.29, 1.82) is 0 Å². The van der Waals surface area contributed by atoms with Gasteiger partial charge in [0.05, 0.1) is 0 Å². The minimum absolute atomic E-state index is 0. The Labute approximate surface area is 155 Å². The second-order valence-electron chi connectivity index (χ2n) is 6.17. The molecule has 3 aromatic rings. The molecule has 3 rings (SSSR count). The molecule has 0 fully saturated rings. The van der Waals surface area contributed by atoms with Crippen molar-refractivity contribution in [1.82, 2.24) is 0 Å². The molecule has 3 aromatic carbocycles. The van der Waals surface area contributed by atoms with Crippen molar-refractivity contribution in [2.24, 2.45) is 0 Å². The zero-order valence-corrected chi connectivity index (χ0v) is 15.7. The molecule has 0 atom stereocenters. The van der Waals surface area contributed by atoms with E-state index < -0.39 is 12.6 Å². The first-order valence-corrected chi connectivity index (χ1v) is 9.64. The average molecular weight is 385 g/mol. The first-order valence-electron chi connectivity index (χ1n) is 7.85. The van der Waals surface area contributed by atoms with Gasteiger partial charge in [0.2, 0.25) is 0 Å². The van der Waals surface area contributed by atoms with Gasteiger partial charge in [0.1, 0.15) is 23.2 Å². The van der Waals surface area contributed by atoms with Crippen LogP contribution in [-0.2, 0) is 17.1 Å². The molecule has 0 aliphatic rings. The molecule has 0 aliphatic heterocycles. The van der Waals surface area contributed by atoms with E-state index in [1.165, 1.54) is 15.9 Å². The SMILES string of the molecule is CC(C)(O)[P+](c1ccccc1)(c1ccccc1)c1ccccc1.[Cu]. The Hall–Kier alpha value is -1.43. The van der Waals surface area contributed by atoms with Crippen molar-refractivity contribution in [3.8, 4) is 0 Å². The third-order valence-electron chi connectivity index (χ3n) is 4.25. The van der Waals surface area contributed by atoms with Gasteiger partial charge >= 0.3 is 0 Å². The molecule has 0 amide bonds. The third-order valence-corrected chi connectivity index (χ3v) is 9.11. The van der Waals surface area contributed by atoms with Crippen LogP contribution in [0.3, 0.4) is 0 Å². The summed E-state index contributed by atoms with van der Waals surface area (Å²) in [5.41, 5.74) is 0. The number of benzene rings is 3. The van der Waals surface area contributed by atoms with E-state index in [0.717, 1.165) is 0 Å². The molecule has 0 unspecified atom stereocenters. The Morgan fingerprint density at radius 2 is 0.833 bits per heavy atom. The van der Waals surface area contributed by atoms with Crippen molar-refractivity contribution in [3.05, 3.63) is 91.0 Å². The third kappa shape index (κ3) is 3.21. The van der Waals surface area contributed by atoms with Gasteiger partial charge in [-0.3, -0.25) is 0 Å². The number of rotatable bonds is 4. The maximum absolute atomic E-state index is 11.3. The molecule has 1 N–H and O–H groups in total. The summed E-state index contributed by atoms with van der Waals surface area (Å²) in [6.45, 7) is 3.88. The molecule has 0 heterocycles. The Bertz CT molecular complexity index is 655. The largest absolute Gasteiger partial charge is 0.356 e. The van der Waals surface area contributed by atoms with Crippen LogP contribution in [0.1, 0.15) is 13.8 Å². The number of hydrogen-bond acceptors (Lipinski definition) is 1. The van der Waals surface area contributed by atoms with Crippen LogP contribution >= 0.6 is 7.26 Å². The molecule has 0 spiro atoms. The molecule has 0 aliphatic carbocycles. The smallest absolute Gasteiger partial charge is 0.182 e. The number of aliphatic hydroxyl groups is 1. The predicted molar refractivity (Wildman–Crippen MR) is 101 cm³/mol. The van der Waals surface area contributed by atoms with Gasteiger partial charge in [0, 0.05) is 30.9 Å². The molecule has 0 saturated heterocycles. The van der Waals surface area contributed by atoms with Crippen molar-refractivity contribution in [2.45, 2.75) is 19.2 Å². The molecule has 127 valence electrons. The summed E-state index contributed by atoms with van der Waals surface area (Å²) >= 11 is 0. The van der Waals surface area contributed by atoms with E-state index in [0.29, 0.717) is 0 Å². The first-order chi connectivity index (χ1) is 11.1. The Kier molecular flexibility index (Phi) is 6.01. The fourth-order valence-electron chi connectivity index (χ4n) is 3.35. The summed E-state index contributed by atoms with van der Waals surface area (Å²) in [7, 11) is -2.18. The normalized spacial score (nSPS) is 11.6. The minimum atomic E-state index is -2.18. The van der Waals surface area contributed by atoms with Crippen molar-refractivity contribution < 1.29 is 22.2 Å². The monoisotopic (exact) mass is 384 g/mol. The van der Waals surface area contributed by atoms with E-state index in [9.17, 15) is 5.11 Å². The summed E-state index contributed by atoms with van der Waals surface area (Å²) in [5.74, 6) is 0. The van der Waals surface area contributed by atoms with Gasteiger partial charge in [-0.25, -0.2) is 0 Å². The predicted octanol–water partition coefficient (Wildman–Crippen LogP) is 3.71. The zero-order chi connectivity index (χ0) is 16.3. The molecular formula is C21H22CuOP+. The van der Waals surface area contributed by atoms with Crippen molar-refractivity contribution >= 4 is 23.2 Å². The van der Waals surface area contributed by atoms with E-state index >= 15 is 0 Å². The second-order valence-corrected chi connectivity index (χ2v) is 10.2.